The summed E-state index contributed by atoms with van der Waals surface area (Å²) in [7, 11) is 0. The van der Waals surface area contributed by atoms with Gasteiger partial charge >= 0.3 is 53.7 Å². The lowest BCUT2D eigenvalue weighted by Gasteiger charge is -2.48. The predicted octanol–water partition coefficient (Wildman–Crippen LogP) is 12.7. The molecule has 19 atom stereocenters. The lowest BCUT2D eigenvalue weighted by Crippen LogP contribution is -2.55. The second-order valence-electron chi connectivity index (χ2n) is 36.8. The standard InChI is InChI=1S/C20H24O5.2C19H22O6.C18H20O5.C17H18O5/c1-10-8-14(24-11(10)2)23-9-13-15-17(21)12-6-5-7-20(3,4)16(12)18(15)25-19(13)22;1-9-6-14(24-17(9)21)23-8-12-10-7-11-13(20)4-5-19(2,3)15(11)16(10)25-18(12)22;1-10-7-14(24-16(10)20)23-9-13-12-8-11-5-4-6-18(2,3)19(11,22)15(12)25-17(13)21;1-9-4-3-5-11-7-12-13(18(20)23-16(12)15(9)11)8-21-14-6-10(2)17(19)22-14;1-9-6-14(21-16(9)18)20-8-13-12-7-10-4-2-3-5-11(10)15(12)22-17(13)19/h8-9,14-15,17-18,21H,2,5-7H2,1,3-4H3;6,8,10,13-14,16,20H,4-5,7H2,1-3H3;7-9,12,14-15,22H,4-6H2,1-3H3;6,8-9,12,14,16H,3-5,7H2,1-2H3;6,8,12,14-15H,2-5,7H2,1H3/b13-9+;12-8+;13-9+;2*13-8+. The fourth-order valence-electron chi connectivity index (χ4n) is 21.3. The lowest BCUT2D eigenvalue weighted by atomic mass is 9.62. The number of carbonyl (C=O) groups excluding carboxylic acids is 9. The van der Waals surface area contributed by atoms with Gasteiger partial charge < -0.3 is 86.4 Å². The Bertz CT molecular complexity index is 4920. The summed E-state index contributed by atoms with van der Waals surface area (Å²) < 4.78 is 81.0. The van der Waals surface area contributed by atoms with Crippen molar-refractivity contribution in [1.29, 1.82) is 0 Å². The zero-order valence-corrected chi connectivity index (χ0v) is 69.8. The summed E-state index contributed by atoms with van der Waals surface area (Å²) in [4.78, 5) is 107. The molecule has 10 aliphatic carbocycles. The third-order valence-corrected chi connectivity index (χ3v) is 27.8. The van der Waals surface area contributed by atoms with E-state index in [9.17, 15) is 58.5 Å². The molecular formula is C93H106O27. The van der Waals surface area contributed by atoms with E-state index < -0.39 is 85.2 Å². The average molecular weight is 1660 g/mol. The third kappa shape index (κ3) is 15.1. The quantitative estimate of drug-likeness (QED) is 0.0601. The van der Waals surface area contributed by atoms with Crippen molar-refractivity contribution < 1.29 is 130 Å². The molecule has 20 aliphatic rings. The van der Waals surface area contributed by atoms with Gasteiger partial charge in [0, 0.05) is 75.8 Å². The van der Waals surface area contributed by atoms with Crippen LogP contribution >= 0.6 is 0 Å². The van der Waals surface area contributed by atoms with Crippen LogP contribution in [0, 0.1) is 51.8 Å². The van der Waals surface area contributed by atoms with Crippen LogP contribution in [0.1, 0.15) is 199 Å². The number of rotatable bonds is 10. The molecule has 0 spiro atoms. The van der Waals surface area contributed by atoms with E-state index in [1.165, 1.54) is 72.9 Å². The number of allylic oxidation sites excluding steroid dienone is 3. The Morgan fingerprint density at radius 3 is 1.39 bits per heavy atom. The zero-order valence-electron chi connectivity index (χ0n) is 69.8. The Kier molecular flexibility index (Phi) is 22.2. The Balaban J connectivity index is 0.000000112. The van der Waals surface area contributed by atoms with Crippen LogP contribution in [0.25, 0.3) is 0 Å². The van der Waals surface area contributed by atoms with Gasteiger partial charge in [0.1, 0.15) is 41.9 Å². The highest BCUT2D eigenvalue weighted by Crippen LogP contribution is 2.61. The Hall–Kier alpha value is -10.3. The topological polar surface area (TPSA) is 353 Å². The molecule has 0 aromatic heterocycles. The van der Waals surface area contributed by atoms with Crippen LogP contribution in [-0.2, 0) is 114 Å². The van der Waals surface area contributed by atoms with Crippen LogP contribution in [0.3, 0.4) is 0 Å². The molecular weight excluding hydrogens is 1550 g/mol. The molecule has 0 radical (unpaired) electrons. The molecule has 120 heavy (non-hydrogen) atoms. The minimum atomic E-state index is -1.14. The van der Waals surface area contributed by atoms with E-state index in [2.05, 4.69) is 41.2 Å². The van der Waals surface area contributed by atoms with Gasteiger partial charge in [-0.2, -0.15) is 0 Å². The van der Waals surface area contributed by atoms with Crippen molar-refractivity contribution >= 4 is 53.7 Å². The van der Waals surface area contributed by atoms with Gasteiger partial charge in [-0.3, -0.25) is 0 Å². The molecule has 20 rings (SSSR count). The first-order chi connectivity index (χ1) is 57.0. The van der Waals surface area contributed by atoms with E-state index in [4.69, 9.17) is 71.1 Å². The molecule has 3 N–H and O–H groups in total. The van der Waals surface area contributed by atoms with E-state index in [-0.39, 0.29) is 94.1 Å². The summed E-state index contributed by atoms with van der Waals surface area (Å²) in [5.74, 6) is -3.24. The molecule has 0 amide bonds. The second kappa shape index (κ2) is 32.0. The van der Waals surface area contributed by atoms with Crippen LogP contribution in [0.15, 0.2) is 186 Å². The summed E-state index contributed by atoms with van der Waals surface area (Å²) in [5.41, 5.74) is 14.3. The lowest BCUT2D eigenvalue weighted by molar-refractivity contribution is -0.164. The van der Waals surface area contributed by atoms with E-state index in [1.807, 2.05) is 26.8 Å². The van der Waals surface area contributed by atoms with Crippen molar-refractivity contribution in [2.24, 2.45) is 51.8 Å². The summed E-state index contributed by atoms with van der Waals surface area (Å²) in [5, 5.41) is 32.6. The number of carbonyl (C=O) groups is 9. The maximum atomic E-state index is 12.4. The molecule has 27 heteroatoms. The van der Waals surface area contributed by atoms with Crippen molar-refractivity contribution in [2.45, 2.75) is 278 Å². The summed E-state index contributed by atoms with van der Waals surface area (Å²) in [6.45, 7) is 27.1. The Labute approximate surface area is 696 Å². The number of aliphatic hydroxyl groups excluding tert-OH is 2. The van der Waals surface area contributed by atoms with Crippen LogP contribution in [0.4, 0.5) is 0 Å². The summed E-state index contributed by atoms with van der Waals surface area (Å²) >= 11 is 0. The molecule has 640 valence electrons. The number of hydrogen-bond acceptors (Lipinski definition) is 27. The monoisotopic (exact) mass is 1650 g/mol. The smallest absolute Gasteiger partial charge is 0.338 e. The van der Waals surface area contributed by atoms with Crippen LogP contribution in [0.5, 0.6) is 0 Å². The minimum Gasteiger partial charge on any atom is -0.458 e. The SMILES string of the molecule is C=C1OC(O/C=C2/C(=O)OC3C4=C(CCCC4(C)C)C(O)C23)C=C1C.CC1=CC(O/C=C2/C(=O)OC3C2C=C2CCCC(C)(C)C23O)OC1=O.CC1=CC(O/C=C2/C(=O)OC3C4=C(CC23)C(O)CCC4(C)C)OC1=O.CC1=CC(O/C=C2/C(=O)OC3C4=C(CCCC4)CC23)OC1=O.CC1=CC(O/C=C2/C(=O)OC3C4=C(CCCC4C)CC23)OC1=O. The number of cyclic esters (lactones) is 4. The Morgan fingerprint density at radius 1 is 0.408 bits per heavy atom. The molecule has 1 saturated carbocycles. The summed E-state index contributed by atoms with van der Waals surface area (Å²) in [6, 6.07) is 0. The van der Waals surface area contributed by atoms with E-state index in [0.717, 1.165) is 123 Å². The van der Waals surface area contributed by atoms with Crippen LogP contribution in [0.2, 0.25) is 0 Å². The molecule has 0 aromatic carbocycles. The maximum absolute atomic E-state index is 12.4. The molecule has 27 nitrogen and oxygen atoms in total. The van der Waals surface area contributed by atoms with Gasteiger partial charge in [-0.05, 0) is 212 Å². The molecule has 0 bridgehead atoms. The van der Waals surface area contributed by atoms with Gasteiger partial charge in [0.25, 0.3) is 31.5 Å². The van der Waals surface area contributed by atoms with Crippen molar-refractivity contribution in [1.82, 2.24) is 0 Å². The predicted molar refractivity (Wildman–Crippen MR) is 422 cm³/mol. The van der Waals surface area contributed by atoms with Crippen molar-refractivity contribution in [3.05, 3.63) is 186 Å². The largest absolute Gasteiger partial charge is 0.458 e. The van der Waals surface area contributed by atoms with Gasteiger partial charge in [0.05, 0.1) is 83.2 Å². The molecule has 10 aliphatic heterocycles. The van der Waals surface area contributed by atoms with Gasteiger partial charge in [0.2, 0.25) is 0 Å². The number of esters is 9. The summed E-state index contributed by atoms with van der Waals surface area (Å²) in [6.07, 6.45) is 28.3. The molecule has 19 unspecified atom stereocenters. The van der Waals surface area contributed by atoms with Crippen LogP contribution in [-0.4, -0.2) is 149 Å². The molecule has 10 heterocycles. The van der Waals surface area contributed by atoms with Gasteiger partial charge in [-0.15, -0.1) is 0 Å². The van der Waals surface area contributed by atoms with Crippen molar-refractivity contribution in [3.63, 3.8) is 0 Å². The highest BCUT2D eigenvalue weighted by molar-refractivity contribution is 5.96. The first-order valence-electron chi connectivity index (χ1n) is 42.1. The van der Waals surface area contributed by atoms with E-state index >= 15 is 0 Å². The molecule has 0 aromatic rings. The highest BCUT2D eigenvalue weighted by Gasteiger charge is 2.65. The first-order valence-corrected chi connectivity index (χ1v) is 42.1. The third-order valence-electron chi connectivity index (χ3n) is 27.8. The van der Waals surface area contributed by atoms with E-state index in [1.54, 1.807) is 58.1 Å². The van der Waals surface area contributed by atoms with Crippen LogP contribution < -0.4 is 0 Å². The van der Waals surface area contributed by atoms with E-state index in [0.29, 0.717) is 68.3 Å². The number of fused-ring (bicyclic) bond motifs is 11. The van der Waals surface area contributed by atoms with Gasteiger partial charge in [-0.25, -0.2) is 43.2 Å². The van der Waals surface area contributed by atoms with Gasteiger partial charge in [-0.1, -0.05) is 72.3 Å². The first kappa shape index (κ1) is 83.4. The second-order valence-corrected chi connectivity index (χ2v) is 36.8. The van der Waals surface area contributed by atoms with Crippen molar-refractivity contribution in [2.75, 3.05) is 0 Å². The number of hydrogen-bond donors (Lipinski definition) is 3. The Morgan fingerprint density at radius 2 is 0.842 bits per heavy atom. The normalized spacial score (nSPS) is 37.7. The number of ether oxygens (including phenoxy) is 15. The fourth-order valence-corrected chi connectivity index (χ4v) is 21.3. The average Bonchev–Trinajstić information content (AvgIpc) is 1.55. The molecule has 5 saturated heterocycles. The van der Waals surface area contributed by atoms with Crippen molar-refractivity contribution in [3.8, 4) is 0 Å². The minimum absolute atomic E-state index is 0.0511. The maximum Gasteiger partial charge on any atom is 0.338 e. The molecule has 6 fully saturated rings. The number of aliphatic hydroxyl groups is 3. The zero-order chi connectivity index (χ0) is 85.2. The fraction of sp³-hybridized carbons (Fsp3) is 0.559. The highest BCUT2D eigenvalue weighted by atomic mass is 16.7. The van der Waals surface area contributed by atoms with Gasteiger partial charge in [0.15, 0.2) is 0 Å².